The molecule has 3 fully saturated rings. The highest BCUT2D eigenvalue weighted by atomic mass is 15.7. The standard InChI is InChI=1S/C23H44N2/c1-20(2)25-23(3)18-14-10-6-4-8-12-16-21(23)22-17-13-9-5-7-11-15-19-24(22)25/h20-22H,4-19H2,1-3H3/t21?,22?,23-/m0/s1. The average Bonchev–Trinajstić information content (AvgIpc) is 2.82. The molecule has 0 radical (unpaired) electrons. The Morgan fingerprint density at radius 1 is 0.720 bits per heavy atom. The Morgan fingerprint density at radius 3 is 1.96 bits per heavy atom. The van der Waals surface area contributed by atoms with Gasteiger partial charge in [-0.1, -0.05) is 70.6 Å². The Balaban J connectivity index is 1.88. The summed E-state index contributed by atoms with van der Waals surface area (Å²) < 4.78 is 0. The molecule has 0 N–H and O–H groups in total. The van der Waals surface area contributed by atoms with Crippen LogP contribution < -0.4 is 0 Å². The van der Waals surface area contributed by atoms with Crippen molar-refractivity contribution >= 4 is 0 Å². The molecule has 0 aromatic carbocycles. The second-order valence-corrected chi connectivity index (χ2v) is 9.70. The van der Waals surface area contributed by atoms with Crippen LogP contribution in [0.5, 0.6) is 0 Å². The van der Waals surface area contributed by atoms with E-state index >= 15 is 0 Å². The number of hydrogen-bond donors (Lipinski definition) is 0. The van der Waals surface area contributed by atoms with E-state index in [1.807, 2.05) is 0 Å². The molecule has 0 aromatic heterocycles. The molecule has 3 aliphatic rings. The summed E-state index contributed by atoms with van der Waals surface area (Å²) in [7, 11) is 0. The van der Waals surface area contributed by atoms with Gasteiger partial charge in [-0.05, 0) is 52.4 Å². The van der Waals surface area contributed by atoms with E-state index in [9.17, 15) is 0 Å². The van der Waals surface area contributed by atoms with E-state index in [-0.39, 0.29) is 0 Å². The summed E-state index contributed by atoms with van der Waals surface area (Å²) in [4.78, 5) is 0. The number of hydrazine groups is 1. The predicted molar refractivity (Wildman–Crippen MR) is 109 cm³/mol. The normalized spacial score (nSPS) is 37.4. The van der Waals surface area contributed by atoms with Crippen LogP contribution in [0.2, 0.25) is 0 Å². The minimum absolute atomic E-state index is 0.407. The number of fused-ring (bicyclic) bond motifs is 3. The van der Waals surface area contributed by atoms with Crippen LogP contribution in [-0.4, -0.2) is 34.2 Å². The summed E-state index contributed by atoms with van der Waals surface area (Å²) in [6.45, 7) is 8.85. The smallest absolute Gasteiger partial charge is 0.0375 e. The monoisotopic (exact) mass is 348 g/mol. The third-order valence-corrected chi connectivity index (χ3v) is 7.52. The molecule has 25 heavy (non-hydrogen) atoms. The largest absolute Gasteiger partial charge is 0.238 e. The summed E-state index contributed by atoms with van der Waals surface area (Å²) in [6, 6.07) is 1.47. The predicted octanol–water partition coefficient (Wildman–Crippen LogP) is 6.55. The fourth-order valence-corrected chi connectivity index (χ4v) is 6.45. The first-order valence-corrected chi connectivity index (χ1v) is 11.7. The van der Waals surface area contributed by atoms with Gasteiger partial charge < -0.3 is 0 Å². The van der Waals surface area contributed by atoms with Crippen molar-refractivity contribution < 1.29 is 0 Å². The highest BCUT2D eigenvalue weighted by Gasteiger charge is 2.54. The first kappa shape index (κ1) is 19.7. The van der Waals surface area contributed by atoms with Crippen LogP contribution in [-0.2, 0) is 0 Å². The molecule has 2 unspecified atom stereocenters. The van der Waals surface area contributed by atoms with Crippen molar-refractivity contribution in [3.63, 3.8) is 0 Å². The third kappa shape index (κ3) is 4.43. The van der Waals surface area contributed by atoms with Gasteiger partial charge in [-0.2, -0.15) is 0 Å². The lowest BCUT2D eigenvalue weighted by atomic mass is 9.73. The summed E-state index contributed by atoms with van der Waals surface area (Å²) in [5.74, 6) is 0.896. The van der Waals surface area contributed by atoms with Gasteiger partial charge in [-0.3, -0.25) is 0 Å². The lowest BCUT2D eigenvalue weighted by molar-refractivity contribution is -0.0914. The van der Waals surface area contributed by atoms with E-state index in [0.717, 1.165) is 12.0 Å². The van der Waals surface area contributed by atoms with Gasteiger partial charge in [0.05, 0.1) is 0 Å². The topological polar surface area (TPSA) is 6.48 Å². The molecule has 3 atom stereocenters. The van der Waals surface area contributed by atoms with E-state index in [0.29, 0.717) is 11.6 Å². The summed E-state index contributed by atoms with van der Waals surface area (Å²) in [5, 5.41) is 5.80. The summed E-state index contributed by atoms with van der Waals surface area (Å²) in [6.07, 6.45) is 21.8. The molecule has 0 spiro atoms. The Kier molecular flexibility index (Phi) is 7.26. The lowest BCUT2D eigenvalue weighted by Crippen LogP contribution is -2.54. The maximum Gasteiger partial charge on any atom is 0.0375 e. The van der Waals surface area contributed by atoms with Crippen LogP contribution in [0, 0.1) is 5.92 Å². The molecular formula is C23H44N2. The van der Waals surface area contributed by atoms with E-state index in [1.54, 1.807) is 0 Å². The second kappa shape index (κ2) is 9.22. The first-order valence-electron chi connectivity index (χ1n) is 11.7. The summed E-state index contributed by atoms with van der Waals surface area (Å²) in [5.41, 5.74) is 0.407. The Hall–Kier alpha value is -0.0800. The van der Waals surface area contributed by atoms with Crippen molar-refractivity contribution in [2.24, 2.45) is 5.92 Å². The van der Waals surface area contributed by atoms with E-state index in [1.165, 1.54) is 103 Å². The van der Waals surface area contributed by atoms with Gasteiger partial charge in [0.15, 0.2) is 0 Å². The van der Waals surface area contributed by atoms with Crippen LogP contribution in [0.4, 0.5) is 0 Å². The van der Waals surface area contributed by atoms with E-state index in [4.69, 9.17) is 0 Å². The molecular weight excluding hydrogens is 304 g/mol. The van der Waals surface area contributed by atoms with E-state index in [2.05, 4.69) is 30.8 Å². The van der Waals surface area contributed by atoms with Gasteiger partial charge in [0.2, 0.25) is 0 Å². The van der Waals surface area contributed by atoms with Crippen LogP contribution in [0.15, 0.2) is 0 Å². The Morgan fingerprint density at radius 2 is 1.28 bits per heavy atom. The third-order valence-electron chi connectivity index (χ3n) is 7.52. The zero-order valence-electron chi connectivity index (χ0n) is 17.4. The number of hydrogen-bond acceptors (Lipinski definition) is 2. The van der Waals surface area contributed by atoms with Crippen molar-refractivity contribution in [3.05, 3.63) is 0 Å². The molecule has 2 saturated heterocycles. The van der Waals surface area contributed by atoms with Crippen molar-refractivity contribution in [2.45, 2.75) is 135 Å². The van der Waals surface area contributed by atoms with Crippen LogP contribution >= 0.6 is 0 Å². The first-order chi connectivity index (χ1) is 12.1. The lowest BCUT2D eigenvalue weighted by Gasteiger charge is -2.44. The van der Waals surface area contributed by atoms with Gasteiger partial charge in [0, 0.05) is 24.2 Å². The zero-order valence-corrected chi connectivity index (χ0v) is 17.4. The van der Waals surface area contributed by atoms with E-state index < -0.39 is 0 Å². The van der Waals surface area contributed by atoms with Gasteiger partial charge in [-0.15, -0.1) is 0 Å². The molecule has 2 aliphatic heterocycles. The molecule has 2 heteroatoms. The Bertz CT molecular complexity index is 394. The fraction of sp³-hybridized carbons (Fsp3) is 1.00. The molecule has 3 rings (SSSR count). The van der Waals surface area contributed by atoms with Crippen LogP contribution in [0.1, 0.15) is 117 Å². The van der Waals surface area contributed by atoms with Crippen molar-refractivity contribution in [1.82, 2.24) is 10.0 Å². The van der Waals surface area contributed by atoms with Gasteiger partial charge in [0.25, 0.3) is 0 Å². The minimum atomic E-state index is 0.407. The molecule has 0 amide bonds. The van der Waals surface area contributed by atoms with Crippen molar-refractivity contribution in [2.75, 3.05) is 6.54 Å². The molecule has 0 bridgehead atoms. The van der Waals surface area contributed by atoms with Gasteiger partial charge in [-0.25, -0.2) is 10.0 Å². The fourth-order valence-electron chi connectivity index (χ4n) is 6.45. The molecule has 2 nitrogen and oxygen atoms in total. The highest BCUT2D eigenvalue weighted by molar-refractivity contribution is 5.05. The van der Waals surface area contributed by atoms with Crippen molar-refractivity contribution in [1.29, 1.82) is 0 Å². The minimum Gasteiger partial charge on any atom is -0.238 e. The maximum absolute atomic E-state index is 2.90. The molecule has 1 saturated carbocycles. The summed E-state index contributed by atoms with van der Waals surface area (Å²) >= 11 is 0. The van der Waals surface area contributed by atoms with Crippen LogP contribution in [0.25, 0.3) is 0 Å². The average molecular weight is 349 g/mol. The molecule has 146 valence electrons. The highest BCUT2D eigenvalue weighted by Crippen LogP contribution is 2.48. The SMILES string of the molecule is CC(C)N1N2CCCCCCCCC2C2CCCCCCCC[C@@]21C. The zero-order chi connectivity index (χ0) is 17.7. The van der Waals surface area contributed by atoms with Gasteiger partial charge >= 0.3 is 0 Å². The molecule has 0 aromatic rings. The maximum atomic E-state index is 2.90. The molecule has 1 aliphatic carbocycles. The number of nitrogens with zero attached hydrogens (tertiary/aromatic N) is 2. The van der Waals surface area contributed by atoms with Crippen molar-refractivity contribution in [3.8, 4) is 0 Å². The van der Waals surface area contributed by atoms with Gasteiger partial charge in [0.1, 0.15) is 0 Å². The number of rotatable bonds is 1. The Labute approximate surface area is 157 Å². The quantitative estimate of drug-likeness (QED) is 0.530. The molecule has 2 heterocycles. The van der Waals surface area contributed by atoms with Crippen LogP contribution in [0.3, 0.4) is 0 Å². The second-order valence-electron chi connectivity index (χ2n) is 9.70.